The van der Waals surface area contributed by atoms with Crippen molar-refractivity contribution in [2.75, 3.05) is 28.3 Å². The molecule has 0 fully saturated rings. The number of rotatable bonds is 4. The molecule has 2 amide bonds. The van der Waals surface area contributed by atoms with E-state index in [-0.39, 0.29) is 29.2 Å². The Morgan fingerprint density at radius 3 is 1.60 bits per heavy atom. The van der Waals surface area contributed by atoms with Crippen LogP contribution < -0.4 is 0 Å². The van der Waals surface area contributed by atoms with Crippen molar-refractivity contribution in [3.8, 4) is 0 Å². The number of halogens is 3. The number of alkyl halides is 3. The lowest BCUT2D eigenvalue weighted by molar-refractivity contribution is -0.135. The maximum absolute atomic E-state index is 13.2. The van der Waals surface area contributed by atoms with E-state index in [1.54, 1.807) is 18.4 Å². The molecule has 0 saturated heterocycles. The number of aryl methyl sites for hydroxylation is 1. The number of amides is 2. The van der Waals surface area contributed by atoms with Gasteiger partial charge in [0, 0.05) is 19.0 Å². The molecular formula is C29H43F3N2O4S2. The first kappa shape index (κ1) is 34.3. The molecule has 0 radical (unpaired) electrons. The minimum absolute atomic E-state index is 0. The van der Waals surface area contributed by atoms with E-state index in [4.69, 9.17) is 9.68 Å². The second-order valence-electron chi connectivity index (χ2n) is 11.8. The van der Waals surface area contributed by atoms with Crippen LogP contribution in [-0.4, -0.2) is 50.3 Å². The second-order valence-corrected chi connectivity index (χ2v) is 14.1. The Morgan fingerprint density at radius 1 is 0.775 bits per heavy atom. The van der Waals surface area contributed by atoms with Gasteiger partial charge in [0.25, 0.3) is 11.8 Å². The molecule has 226 valence electrons. The molecule has 11 heteroatoms. The number of carbonyl (C=O) groups excluding carboxylic acids is 2. The van der Waals surface area contributed by atoms with E-state index in [9.17, 15) is 22.8 Å². The predicted octanol–water partition coefficient (Wildman–Crippen LogP) is 7.76. The molecule has 0 spiro atoms. The maximum atomic E-state index is 13.2. The monoisotopic (exact) mass is 604 g/mol. The highest BCUT2D eigenvalue weighted by atomic mass is 32.1. The fourth-order valence-electron chi connectivity index (χ4n) is 5.16. The summed E-state index contributed by atoms with van der Waals surface area (Å²) in [6.07, 6.45) is 0.412. The highest BCUT2D eigenvalue weighted by molar-refractivity contribution is 7.14. The number of hydrogen-bond donors (Lipinski definition) is 0. The third-order valence-electron chi connectivity index (χ3n) is 7.61. The van der Waals surface area contributed by atoms with Gasteiger partial charge in [0.2, 0.25) is 0 Å². The smallest absolute Gasteiger partial charge is 0.274 e. The molecule has 6 nitrogen and oxygen atoms in total. The molecule has 0 aromatic carbocycles. The first-order valence-corrected chi connectivity index (χ1v) is 14.5. The number of thiophene rings is 2. The molecule has 2 heterocycles. The number of nitrogens with zero attached hydrogens (tertiary/aromatic N) is 2. The molecular weight excluding hydrogens is 561 g/mol. The Labute approximate surface area is 244 Å². The Balaban J connectivity index is 0.000000276. The summed E-state index contributed by atoms with van der Waals surface area (Å²) in [5.74, 6) is -0.541. The topological polar surface area (TPSA) is 59.1 Å². The minimum atomic E-state index is -4.42. The van der Waals surface area contributed by atoms with Crippen LogP contribution in [0.5, 0.6) is 0 Å². The standard InChI is InChI=1S/C14H18F3NO2S.C14H21NO2S.CH4/c1-13(2)6-5-8-9(7-13)11(14(15,16)17)21-10(8)12(19)18(3)20-4;1-9-11-8-14(2,3)7-6-10(11)12(18-9)13(16)15(4)17-5;/h5-7H2,1-4H3;6-8H2,1-5H3;1H4. The average Bonchev–Trinajstić information content (AvgIpc) is 3.38. The largest absolute Gasteiger partial charge is 0.425 e. The zero-order chi connectivity index (χ0) is 29.5. The molecule has 2 aromatic rings. The fourth-order valence-corrected chi connectivity index (χ4v) is 7.55. The summed E-state index contributed by atoms with van der Waals surface area (Å²) in [7, 11) is 5.89. The van der Waals surface area contributed by atoms with E-state index in [0.717, 1.165) is 35.6 Å². The maximum Gasteiger partial charge on any atom is 0.425 e. The summed E-state index contributed by atoms with van der Waals surface area (Å²) in [5.41, 5.74) is 3.65. The summed E-state index contributed by atoms with van der Waals surface area (Å²) in [5, 5.41) is 2.28. The van der Waals surface area contributed by atoms with Crippen LogP contribution in [0.3, 0.4) is 0 Å². The van der Waals surface area contributed by atoms with E-state index in [2.05, 4.69) is 20.8 Å². The van der Waals surface area contributed by atoms with Gasteiger partial charge < -0.3 is 0 Å². The molecule has 0 unspecified atom stereocenters. The highest BCUT2D eigenvalue weighted by Crippen LogP contribution is 2.47. The van der Waals surface area contributed by atoms with E-state index >= 15 is 0 Å². The van der Waals surface area contributed by atoms with Crippen LogP contribution in [0.15, 0.2) is 0 Å². The zero-order valence-corrected chi connectivity index (χ0v) is 25.9. The average molecular weight is 605 g/mol. The van der Waals surface area contributed by atoms with Gasteiger partial charge in [-0.25, -0.2) is 10.1 Å². The van der Waals surface area contributed by atoms with Gasteiger partial charge in [-0.2, -0.15) is 13.2 Å². The van der Waals surface area contributed by atoms with E-state index < -0.39 is 17.0 Å². The molecule has 0 saturated carbocycles. The van der Waals surface area contributed by atoms with Gasteiger partial charge in [0.05, 0.1) is 24.0 Å². The van der Waals surface area contributed by atoms with Crippen LogP contribution in [0.2, 0.25) is 0 Å². The summed E-state index contributed by atoms with van der Waals surface area (Å²) in [6, 6.07) is 0. The second kappa shape index (κ2) is 12.5. The van der Waals surface area contributed by atoms with Gasteiger partial charge in [-0.05, 0) is 78.5 Å². The lowest BCUT2D eigenvalue weighted by Crippen LogP contribution is -2.27. The number of carbonyl (C=O) groups is 2. The number of fused-ring (bicyclic) bond motifs is 2. The van der Waals surface area contributed by atoms with Crippen LogP contribution in [0.25, 0.3) is 0 Å². The van der Waals surface area contributed by atoms with Gasteiger partial charge in [-0.15, -0.1) is 22.7 Å². The molecule has 0 atom stereocenters. The van der Waals surface area contributed by atoms with E-state index in [1.807, 2.05) is 13.8 Å². The van der Waals surface area contributed by atoms with Crippen molar-refractivity contribution in [1.29, 1.82) is 0 Å². The van der Waals surface area contributed by atoms with Crippen molar-refractivity contribution < 1.29 is 32.4 Å². The molecule has 2 aromatic heterocycles. The molecule has 0 N–H and O–H groups in total. The Bertz CT molecular complexity index is 1230. The lowest BCUT2D eigenvalue weighted by atomic mass is 9.74. The minimum Gasteiger partial charge on any atom is -0.274 e. The third-order valence-corrected chi connectivity index (χ3v) is 10.1. The number of hydrogen-bond acceptors (Lipinski definition) is 6. The van der Waals surface area contributed by atoms with Gasteiger partial charge in [-0.3, -0.25) is 19.3 Å². The summed E-state index contributed by atoms with van der Waals surface area (Å²) in [6.45, 7) is 10.6. The normalized spacial score (nSPS) is 17.0. The van der Waals surface area contributed by atoms with Crippen LogP contribution in [0.4, 0.5) is 13.2 Å². The summed E-state index contributed by atoms with van der Waals surface area (Å²) in [4.78, 5) is 35.9. The van der Waals surface area contributed by atoms with Crippen molar-refractivity contribution in [1.82, 2.24) is 10.1 Å². The zero-order valence-electron chi connectivity index (χ0n) is 24.2. The molecule has 4 rings (SSSR count). The van der Waals surface area contributed by atoms with Gasteiger partial charge >= 0.3 is 6.18 Å². The van der Waals surface area contributed by atoms with Crippen LogP contribution in [0, 0.1) is 17.8 Å². The fraction of sp³-hybridized carbons (Fsp3) is 0.655. The quantitative estimate of drug-likeness (QED) is 0.335. The van der Waals surface area contributed by atoms with Gasteiger partial charge in [0.15, 0.2) is 0 Å². The molecule has 0 aliphatic heterocycles. The molecule has 40 heavy (non-hydrogen) atoms. The third kappa shape index (κ3) is 7.27. The Kier molecular flexibility index (Phi) is 10.7. The summed E-state index contributed by atoms with van der Waals surface area (Å²) >= 11 is 2.15. The van der Waals surface area contributed by atoms with Crippen molar-refractivity contribution in [2.24, 2.45) is 10.8 Å². The Hall–Kier alpha value is -1.95. The van der Waals surface area contributed by atoms with Gasteiger partial charge in [0.1, 0.15) is 4.88 Å². The van der Waals surface area contributed by atoms with Crippen LogP contribution in [0.1, 0.15) is 99.3 Å². The molecule has 2 aliphatic carbocycles. The van der Waals surface area contributed by atoms with Crippen molar-refractivity contribution in [2.45, 2.75) is 86.7 Å². The Morgan fingerprint density at radius 2 is 1.18 bits per heavy atom. The van der Waals surface area contributed by atoms with Crippen LogP contribution >= 0.6 is 22.7 Å². The first-order chi connectivity index (χ1) is 17.9. The number of hydroxylamine groups is 4. The highest BCUT2D eigenvalue weighted by Gasteiger charge is 2.42. The van der Waals surface area contributed by atoms with Crippen molar-refractivity contribution in [3.05, 3.63) is 41.8 Å². The van der Waals surface area contributed by atoms with Gasteiger partial charge in [-0.1, -0.05) is 35.1 Å². The lowest BCUT2D eigenvalue weighted by Gasteiger charge is -2.31. The van der Waals surface area contributed by atoms with Crippen LogP contribution in [-0.2, 0) is 41.5 Å². The predicted molar refractivity (Wildman–Crippen MR) is 155 cm³/mol. The molecule has 2 aliphatic rings. The van der Waals surface area contributed by atoms with E-state index in [1.165, 1.54) is 42.3 Å². The van der Waals surface area contributed by atoms with Crippen molar-refractivity contribution in [3.63, 3.8) is 0 Å². The summed E-state index contributed by atoms with van der Waals surface area (Å²) < 4.78 is 39.7. The SMILES string of the molecule is C.CON(C)C(=O)c1sc(C(F)(F)F)c2c1CCC(C)(C)C2.CON(C)C(=O)c1sc(C)c2c1CCC(C)(C)C2. The first-order valence-electron chi connectivity index (χ1n) is 12.9. The molecule has 0 bridgehead atoms. The van der Waals surface area contributed by atoms with E-state index in [0.29, 0.717) is 35.2 Å². The van der Waals surface area contributed by atoms with Crippen molar-refractivity contribution >= 4 is 34.5 Å².